The molecule has 4 aromatic rings. The number of benzene rings is 2. The van der Waals surface area contributed by atoms with Gasteiger partial charge >= 0.3 is 0 Å². The van der Waals surface area contributed by atoms with Crippen molar-refractivity contribution in [3.63, 3.8) is 0 Å². The predicted octanol–water partition coefficient (Wildman–Crippen LogP) is 3.39. The Hall–Kier alpha value is -3.48. The van der Waals surface area contributed by atoms with Crippen molar-refractivity contribution in [2.24, 2.45) is 0 Å². The van der Waals surface area contributed by atoms with Crippen LogP contribution in [0.3, 0.4) is 0 Å². The Morgan fingerprint density at radius 2 is 1.73 bits per heavy atom. The minimum Gasteiger partial charge on any atom is -0.497 e. The molecule has 26 heavy (non-hydrogen) atoms. The SMILES string of the molecule is COc1ccc2nc(N)c3[nH]nc(-c4ccc(OC)c(OC)c4)c3c2c1. The van der Waals surface area contributed by atoms with Crippen molar-refractivity contribution in [1.29, 1.82) is 0 Å². The van der Waals surface area contributed by atoms with Gasteiger partial charge in [-0.05, 0) is 36.4 Å². The maximum absolute atomic E-state index is 6.13. The molecule has 2 heterocycles. The maximum atomic E-state index is 6.13. The first kappa shape index (κ1) is 16.0. The standard InChI is InChI=1S/C19H18N4O3/c1-24-11-5-6-13-12(9-11)16-17(22-23-18(16)19(20)21-13)10-4-7-14(25-2)15(8-10)26-3/h4-9H,1-3H3,(H2,20,21)(H,22,23). The molecular formula is C19H18N4O3. The summed E-state index contributed by atoms with van der Waals surface area (Å²) in [4.78, 5) is 4.45. The molecule has 0 saturated carbocycles. The van der Waals surface area contributed by atoms with Crippen molar-refractivity contribution >= 4 is 27.6 Å². The average Bonchev–Trinajstić information content (AvgIpc) is 3.13. The minimum atomic E-state index is 0.400. The van der Waals surface area contributed by atoms with E-state index >= 15 is 0 Å². The molecule has 0 amide bonds. The third-order valence-corrected chi connectivity index (χ3v) is 4.39. The van der Waals surface area contributed by atoms with Gasteiger partial charge in [-0.25, -0.2) is 4.98 Å². The van der Waals surface area contributed by atoms with Crippen LogP contribution in [0.25, 0.3) is 33.1 Å². The van der Waals surface area contributed by atoms with E-state index in [1.165, 1.54) is 0 Å². The molecule has 0 radical (unpaired) electrons. The number of H-pyrrole nitrogens is 1. The van der Waals surface area contributed by atoms with Crippen LogP contribution >= 0.6 is 0 Å². The normalized spacial score (nSPS) is 11.0. The monoisotopic (exact) mass is 350 g/mol. The van der Waals surface area contributed by atoms with E-state index in [-0.39, 0.29) is 0 Å². The fraction of sp³-hybridized carbons (Fsp3) is 0.158. The summed E-state index contributed by atoms with van der Waals surface area (Å²) >= 11 is 0. The van der Waals surface area contributed by atoms with Crippen molar-refractivity contribution in [3.8, 4) is 28.5 Å². The molecular weight excluding hydrogens is 332 g/mol. The highest BCUT2D eigenvalue weighted by atomic mass is 16.5. The lowest BCUT2D eigenvalue weighted by atomic mass is 10.0. The smallest absolute Gasteiger partial charge is 0.161 e. The van der Waals surface area contributed by atoms with Crippen LogP contribution in [0.5, 0.6) is 17.2 Å². The summed E-state index contributed by atoms with van der Waals surface area (Å²) in [5.74, 6) is 2.43. The van der Waals surface area contributed by atoms with Gasteiger partial charge in [-0.15, -0.1) is 0 Å². The fourth-order valence-corrected chi connectivity index (χ4v) is 3.11. The molecule has 7 heteroatoms. The van der Waals surface area contributed by atoms with Gasteiger partial charge in [-0.2, -0.15) is 5.10 Å². The Morgan fingerprint density at radius 1 is 0.923 bits per heavy atom. The van der Waals surface area contributed by atoms with E-state index in [2.05, 4.69) is 15.2 Å². The number of nitrogens with two attached hydrogens (primary N) is 1. The van der Waals surface area contributed by atoms with Crippen molar-refractivity contribution in [2.75, 3.05) is 27.1 Å². The molecule has 0 bridgehead atoms. The third-order valence-electron chi connectivity index (χ3n) is 4.39. The van der Waals surface area contributed by atoms with E-state index < -0.39 is 0 Å². The summed E-state index contributed by atoms with van der Waals surface area (Å²) in [5, 5.41) is 9.28. The van der Waals surface area contributed by atoms with Gasteiger partial charge in [0.1, 0.15) is 22.8 Å². The van der Waals surface area contributed by atoms with Crippen molar-refractivity contribution in [3.05, 3.63) is 36.4 Å². The summed E-state index contributed by atoms with van der Waals surface area (Å²) in [6, 6.07) is 11.3. The summed E-state index contributed by atoms with van der Waals surface area (Å²) in [7, 11) is 4.84. The predicted molar refractivity (Wildman–Crippen MR) is 101 cm³/mol. The first-order valence-electron chi connectivity index (χ1n) is 8.00. The number of fused-ring (bicyclic) bond motifs is 3. The molecule has 0 atom stereocenters. The largest absolute Gasteiger partial charge is 0.497 e. The second-order valence-corrected chi connectivity index (χ2v) is 5.77. The summed E-state index contributed by atoms with van der Waals surface area (Å²) < 4.78 is 16.1. The molecule has 0 saturated heterocycles. The molecule has 0 spiro atoms. The summed E-state index contributed by atoms with van der Waals surface area (Å²) in [6.07, 6.45) is 0. The number of hydrogen-bond acceptors (Lipinski definition) is 6. The van der Waals surface area contributed by atoms with Gasteiger partial charge in [-0.3, -0.25) is 5.10 Å². The molecule has 132 valence electrons. The number of nitrogens with one attached hydrogen (secondary N) is 1. The van der Waals surface area contributed by atoms with Crippen LogP contribution in [-0.4, -0.2) is 36.5 Å². The van der Waals surface area contributed by atoms with Crippen LogP contribution in [0.1, 0.15) is 0 Å². The Kier molecular flexibility index (Phi) is 3.76. The van der Waals surface area contributed by atoms with E-state index in [0.717, 1.165) is 33.3 Å². The second kappa shape index (κ2) is 6.11. The number of rotatable bonds is 4. The quantitative estimate of drug-likeness (QED) is 0.586. The third kappa shape index (κ3) is 2.36. The zero-order valence-electron chi connectivity index (χ0n) is 14.7. The highest BCUT2D eigenvalue weighted by molar-refractivity contribution is 6.14. The number of methoxy groups -OCH3 is 3. The van der Waals surface area contributed by atoms with Crippen LogP contribution in [0.15, 0.2) is 36.4 Å². The van der Waals surface area contributed by atoms with Gasteiger partial charge < -0.3 is 19.9 Å². The highest BCUT2D eigenvalue weighted by Gasteiger charge is 2.17. The number of aromatic nitrogens is 3. The van der Waals surface area contributed by atoms with Gasteiger partial charge in [-0.1, -0.05) is 0 Å². The van der Waals surface area contributed by atoms with Crippen LogP contribution < -0.4 is 19.9 Å². The number of aromatic amines is 1. The Morgan fingerprint density at radius 3 is 2.46 bits per heavy atom. The maximum Gasteiger partial charge on any atom is 0.161 e. The molecule has 0 aliphatic heterocycles. The molecule has 2 aromatic heterocycles. The summed E-state index contributed by atoms with van der Waals surface area (Å²) in [5.41, 5.74) is 9.23. The lowest BCUT2D eigenvalue weighted by Gasteiger charge is -2.09. The highest BCUT2D eigenvalue weighted by Crippen LogP contribution is 2.38. The minimum absolute atomic E-state index is 0.400. The average molecular weight is 350 g/mol. The van der Waals surface area contributed by atoms with Crippen LogP contribution in [-0.2, 0) is 0 Å². The molecule has 4 rings (SSSR count). The van der Waals surface area contributed by atoms with E-state index in [1.54, 1.807) is 21.3 Å². The number of hydrogen-bond donors (Lipinski definition) is 2. The summed E-state index contributed by atoms with van der Waals surface area (Å²) in [6.45, 7) is 0. The lowest BCUT2D eigenvalue weighted by Crippen LogP contribution is -1.94. The first-order valence-corrected chi connectivity index (χ1v) is 8.00. The second-order valence-electron chi connectivity index (χ2n) is 5.77. The van der Waals surface area contributed by atoms with Gasteiger partial charge in [0.25, 0.3) is 0 Å². The number of nitrogens with zero attached hydrogens (tertiary/aromatic N) is 2. The van der Waals surface area contributed by atoms with Crippen LogP contribution in [0, 0.1) is 0 Å². The zero-order chi connectivity index (χ0) is 18.3. The van der Waals surface area contributed by atoms with Crippen LogP contribution in [0.2, 0.25) is 0 Å². The van der Waals surface area contributed by atoms with E-state index in [4.69, 9.17) is 19.9 Å². The van der Waals surface area contributed by atoms with E-state index in [1.807, 2.05) is 36.4 Å². The Bertz CT molecular complexity index is 1120. The van der Waals surface area contributed by atoms with Gasteiger partial charge in [0, 0.05) is 16.3 Å². The fourth-order valence-electron chi connectivity index (χ4n) is 3.11. The topological polar surface area (TPSA) is 95.3 Å². The number of pyridine rings is 1. The van der Waals surface area contributed by atoms with Crippen molar-refractivity contribution in [2.45, 2.75) is 0 Å². The number of nitrogen functional groups attached to an aromatic ring is 1. The van der Waals surface area contributed by atoms with Gasteiger partial charge in [0.2, 0.25) is 0 Å². The number of ether oxygens (including phenoxy) is 3. The molecule has 2 aromatic carbocycles. The molecule has 0 unspecified atom stereocenters. The molecule has 7 nitrogen and oxygen atoms in total. The van der Waals surface area contributed by atoms with Crippen LogP contribution in [0.4, 0.5) is 5.82 Å². The molecule has 3 N–H and O–H groups in total. The Labute approximate surface area is 149 Å². The number of anilines is 1. The Balaban J connectivity index is 2.04. The van der Waals surface area contributed by atoms with E-state index in [9.17, 15) is 0 Å². The van der Waals surface area contributed by atoms with E-state index in [0.29, 0.717) is 22.8 Å². The van der Waals surface area contributed by atoms with Crippen molar-refractivity contribution < 1.29 is 14.2 Å². The van der Waals surface area contributed by atoms with Gasteiger partial charge in [0.05, 0.1) is 26.8 Å². The lowest BCUT2D eigenvalue weighted by molar-refractivity contribution is 0.355. The first-order chi connectivity index (χ1) is 12.7. The van der Waals surface area contributed by atoms with Crippen molar-refractivity contribution in [1.82, 2.24) is 15.2 Å². The molecule has 0 fully saturated rings. The van der Waals surface area contributed by atoms with Gasteiger partial charge in [0.15, 0.2) is 11.5 Å². The molecule has 0 aliphatic carbocycles. The molecule has 0 aliphatic rings. The zero-order valence-corrected chi connectivity index (χ0v) is 14.7.